The predicted molar refractivity (Wildman–Crippen MR) is 145 cm³/mol. The van der Waals surface area contributed by atoms with Crippen LogP contribution in [0.1, 0.15) is 50.6 Å². The van der Waals surface area contributed by atoms with Crippen LogP contribution >= 0.6 is 0 Å². The highest BCUT2D eigenvalue weighted by molar-refractivity contribution is 6.04. The number of nitrogens with zero attached hydrogens (tertiary/aromatic N) is 5. The number of benzene rings is 1. The number of fused-ring (bicyclic) bond motifs is 3. The van der Waals surface area contributed by atoms with E-state index in [0.717, 1.165) is 74.9 Å². The summed E-state index contributed by atoms with van der Waals surface area (Å²) in [5.74, 6) is 0.512. The number of aromatic nitrogens is 3. The van der Waals surface area contributed by atoms with Crippen LogP contribution in [0.4, 0.5) is 10.7 Å². The lowest BCUT2D eigenvalue weighted by Crippen LogP contribution is -2.43. The van der Waals surface area contributed by atoms with E-state index >= 15 is 0 Å². The minimum Gasteiger partial charge on any atom is -0.465 e. The number of hydrogen-bond donors (Lipinski definition) is 3. The molecule has 198 valence electrons. The van der Waals surface area contributed by atoms with Gasteiger partial charge in [0.2, 0.25) is 5.95 Å². The molecular weight excluding hydrogens is 470 g/mol. The molecule has 0 unspecified atom stereocenters. The number of likely N-dealkylation sites (N-methyl/N-ethyl adjacent to an activating group) is 1. The number of amides is 1. The van der Waals surface area contributed by atoms with Crippen molar-refractivity contribution in [3.8, 4) is 0 Å². The first-order chi connectivity index (χ1) is 17.9. The summed E-state index contributed by atoms with van der Waals surface area (Å²) in [5.41, 5.74) is 1.66. The quantitative estimate of drug-likeness (QED) is 0.314. The van der Waals surface area contributed by atoms with Crippen LogP contribution in [0.3, 0.4) is 0 Å². The molecule has 1 aromatic carbocycles. The summed E-state index contributed by atoms with van der Waals surface area (Å²) in [5, 5.41) is 17.5. The Morgan fingerprint density at radius 1 is 1.14 bits per heavy atom. The van der Waals surface area contributed by atoms with Crippen LogP contribution in [0, 0.1) is 0 Å². The lowest BCUT2D eigenvalue weighted by molar-refractivity contribution is 0.148. The number of rotatable bonds is 8. The normalized spacial score (nSPS) is 21.0. The highest BCUT2D eigenvalue weighted by atomic mass is 16.4. The fourth-order valence-electron chi connectivity index (χ4n) is 5.64. The van der Waals surface area contributed by atoms with Crippen molar-refractivity contribution in [3.63, 3.8) is 0 Å². The Hall–Kier alpha value is -3.24. The molecule has 1 aliphatic carbocycles. The summed E-state index contributed by atoms with van der Waals surface area (Å²) in [6.07, 6.45) is 4.83. The zero-order valence-corrected chi connectivity index (χ0v) is 21.7. The van der Waals surface area contributed by atoms with Gasteiger partial charge in [0.05, 0.1) is 0 Å². The second-order valence-corrected chi connectivity index (χ2v) is 10.5. The fraction of sp³-hybridized carbons (Fsp3) is 0.556. The number of pyridine rings is 1. The molecule has 10 nitrogen and oxygen atoms in total. The Morgan fingerprint density at radius 3 is 2.70 bits per heavy atom. The first kappa shape index (κ1) is 25.4. The molecule has 5 rings (SSSR count). The zero-order chi connectivity index (χ0) is 25.9. The molecule has 0 bridgehead atoms. The largest absolute Gasteiger partial charge is 0.465 e. The van der Waals surface area contributed by atoms with Crippen molar-refractivity contribution < 1.29 is 9.90 Å². The van der Waals surface area contributed by atoms with Gasteiger partial charge in [-0.25, -0.2) is 9.78 Å². The Balaban J connectivity index is 1.56. The third-order valence-corrected chi connectivity index (χ3v) is 7.73. The van der Waals surface area contributed by atoms with E-state index in [1.807, 2.05) is 18.3 Å². The summed E-state index contributed by atoms with van der Waals surface area (Å²) >= 11 is 0. The van der Waals surface area contributed by atoms with E-state index in [4.69, 9.17) is 4.98 Å². The van der Waals surface area contributed by atoms with E-state index in [9.17, 15) is 14.7 Å². The van der Waals surface area contributed by atoms with Crippen molar-refractivity contribution in [2.45, 2.75) is 57.7 Å². The number of nitrogens with one attached hydrogen (secondary N) is 2. The molecule has 10 heteroatoms. The molecule has 3 N–H and O–H groups in total. The molecule has 2 aliphatic rings. The third kappa shape index (κ3) is 5.55. The van der Waals surface area contributed by atoms with Crippen LogP contribution in [0.25, 0.3) is 21.8 Å². The maximum absolute atomic E-state index is 14.0. The van der Waals surface area contributed by atoms with Crippen LogP contribution in [-0.2, 0) is 6.54 Å². The molecule has 1 saturated heterocycles. The van der Waals surface area contributed by atoms with Gasteiger partial charge in [-0.2, -0.15) is 4.98 Å². The van der Waals surface area contributed by atoms with Gasteiger partial charge in [-0.1, -0.05) is 25.5 Å². The molecule has 1 saturated carbocycles. The molecule has 1 amide bonds. The van der Waals surface area contributed by atoms with Gasteiger partial charge in [0, 0.05) is 68.3 Å². The molecule has 3 heterocycles. The van der Waals surface area contributed by atoms with Gasteiger partial charge in [-0.15, -0.1) is 0 Å². The highest BCUT2D eigenvalue weighted by Crippen LogP contribution is 2.33. The van der Waals surface area contributed by atoms with Crippen molar-refractivity contribution in [2.24, 2.45) is 0 Å². The Labute approximate surface area is 216 Å². The van der Waals surface area contributed by atoms with Gasteiger partial charge in [0.25, 0.3) is 5.56 Å². The second kappa shape index (κ2) is 11.0. The van der Waals surface area contributed by atoms with Crippen molar-refractivity contribution in [1.82, 2.24) is 29.7 Å². The van der Waals surface area contributed by atoms with Crippen LogP contribution in [0.2, 0.25) is 0 Å². The number of piperazine rings is 1. The van der Waals surface area contributed by atoms with E-state index in [1.165, 1.54) is 0 Å². The van der Waals surface area contributed by atoms with Crippen LogP contribution in [0.15, 0.2) is 29.2 Å². The Bertz CT molecular complexity index is 1330. The molecule has 2 fully saturated rings. The lowest BCUT2D eigenvalue weighted by Gasteiger charge is -2.32. The van der Waals surface area contributed by atoms with Gasteiger partial charge in [0.15, 0.2) is 0 Å². The fourth-order valence-corrected chi connectivity index (χ4v) is 5.64. The average Bonchev–Trinajstić information content (AvgIpc) is 3.33. The minimum atomic E-state index is -1.03. The van der Waals surface area contributed by atoms with E-state index in [2.05, 4.69) is 45.5 Å². The smallest absolute Gasteiger partial charge is 0.404 e. The molecule has 0 spiro atoms. The van der Waals surface area contributed by atoms with Crippen molar-refractivity contribution in [1.29, 1.82) is 0 Å². The summed E-state index contributed by atoms with van der Waals surface area (Å²) in [6, 6.07) is 5.87. The van der Waals surface area contributed by atoms with Crippen molar-refractivity contribution in [2.75, 3.05) is 45.1 Å². The number of carboxylic acid groups (broad SMARTS) is 1. The molecule has 2 aromatic heterocycles. The molecule has 1 aliphatic heterocycles. The predicted octanol–water partition coefficient (Wildman–Crippen LogP) is 3.27. The van der Waals surface area contributed by atoms with Crippen LogP contribution in [-0.4, -0.2) is 81.3 Å². The SMILES string of the molecule is CCCCNc1ncc2c3ccc(CN4CCN(C)CC4)cc3c(=O)n([C@H]3CC[C@H](NC(=O)O)C3)c2n1. The van der Waals surface area contributed by atoms with Crippen molar-refractivity contribution >= 4 is 33.8 Å². The number of carbonyl (C=O) groups is 1. The summed E-state index contributed by atoms with van der Waals surface area (Å²) in [7, 11) is 2.15. The van der Waals surface area contributed by atoms with Crippen molar-refractivity contribution in [3.05, 3.63) is 40.3 Å². The van der Waals surface area contributed by atoms with Crippen LogP contribution < -0.4 is 16.2 Å². The van der Waals surface area contributed by atoms with Gasteiger partial charge in [-0.05, 0) is 49.7 Å². The Morgan fingerprint density at radius 2 is 1.95 bits per heavy atom. The summed E-state index contributed by atoms with van der Waals surface area (Å²) < 4.78 is 1.80. The summed E-state index contributed by atoms with van der Waals surface area (Å²) in [6.45, 7) is 7.83. The minimum absolute atomic E-state index is 0.0677. The first-order valence-electron chi connectivity index (χ1n) is 13.4. The molecule has 37 heavy (non-hydrogen) atoms. The number of hydrogen-bond acceptors (Lipinski definition) is 7. The molecule has 0 radical (unpaired) electrons. The van der Waals surface area contributed by atoms with Gasteiger partial charge in [-0.3, -0.25) is 14.3 Å². The van der Waals surface area contributed by atoms with E-state index in [1.54, 1.807) is 4.57 Å². The Kier molecular flexibility index (Phi) is 7.57. The lowest BCUT2D eigenvalue weighted by atomic mass is 10.0. The zero-order valence-electron chi connectivity index (χ0n) is 21.7. The standard InChI is InChI=1S/C27H37N7O3/c1-3-4-9-28-26-29-16-23-21-8-5-18(17-33-12-10-32(2)11-13-33)14-22(21)25(35)34(24(23)31-26)20-7-6-19(15-20)30-27(36)37/h5,8,14,16,19-20,30H,3-4,6-7,9-13,15,17H2,1-2H3,(H,36,37)(H,28,29,31)/t19-,20-/m0/s1. The summed E-state index contributed by atoms with van der Waals surface area (Å²) in [4.78, 5) is 39.4. The highest BCUT2D eigenvalue weighted by Gasteiger charge is 2.30. The number of anilines is 1. The monoisotopic (exact) mass is 507 g/mol. The molecule has 2 atom stereocenters. The maximum atomic E-state index is 14.0. The van der Waals surface area contributed by atoms with Crippen LogP contribution in [0.5, 0.6) is 0 Å². The van der Waals surface area contributed by atoms with E-state index in [-0.39, 0.29) is 17.6 Å². The topological polar surface area (TPSA) is 116 Å². The molecular formula is C27H37N7O3. The van der Waals surface area contributed by atoms with E-state index in [0.29, 0.717) is 29.8 Å². The van der Waals surface area contributed by atoms with Gasteiger partial charge in [0.1, 0.15) is 5.65 Å². The maximum Gasteiger partial charge on any atom is 0.404 e. The van der Waals surface area contributed by atoms with Gasteiger partial charge >= 0.3 is 6.09 Å². The first-order valence-corrected chi connectivity index (χ1v) is 13.4. The second-order valence-electron chi connectivity index (χ2n) is 10.5. The third-order valence-electron chi connectivity index (χ3n) is 7.73. The number of unbranched alkanes of at least 4 members (excludes halogenated alkanes) is 1. The van der Waals surface area contributed by atoms with E-state index < -0.39 is 6.09 Å². The average molecular weight is 508 g/mol. The van der Waals surface area contributed by atoms with Gasteiger partial charge < -0.3 is 20.6 Å². The molecule has 3 aromatic rings.